The summed E-state index contributed by atoms with van der Waals surface area (Å²) in [5, 5.41) is 3.92. The first kappa shape index (κ1) is 18.2. The number of nitrogens with zero attached hydrogens (tertiary/aromatic N) is 4. The summed E-state index contributed by atoms with van der Waals surface area (Å²) in [7, 11) is -3.95. The van der Waals surface area contributed by atoms with Crippen LogP contribution < -0.4 is 4.74 Å². The van der Waals surface area contributed by atoms with Gasteiger partial charge in [0.25, 0.3) is 0 Å². The van der Waals surface area contributed by atoms with Gasteiger partial charge in [-0.1, -0.05) is 5.16 Å². The van der Waals surface area contributed by atoms with Gasteiger partial charge in [0.05, 0.1) is 11.5 Å². The van der Waals surface area contributed by atoms with E-state index in [1.165, 1.54) is 6.07 Å². The molecule has 10 heteroatoms. The predicted molar refractivity (Wildman–Crippen MR) is 99.3 cm³/mol. The summed E-state index contributed by atoms with van der Waals surface area (Å²) in [6, 6.07) is 7.28. The molecule has 0 spiro atoms. The summed E-state index contributed by atoms with van der Waals surface area (Å²) in [5.74, 6) is 1.06. The van der Waals surface area contributed by atoms with E-state index in [2.05, 4.69) is 15.1 Å². The number of pyridine rings is 1. The van der Waals surface area contributed by atoms with Crippen molar-refractivity contribution >= 4 is 10.0 Å². The van der Waals surface area contributed by atoms with E-state index in [0.29, 0.717) is 30.2 Å². The van der Waals surface area contributed by atoms with Crippen LogP contribution in [-0.4, -0.2) is 47.2 Å². The molecule has 1 saturated heterocycles. The van der Waals surface area contributed by atoms with Crippen molar-refractivity contribution in [3.05, 3.63) is 54.2 Å². The third-order valence-electron chi connectivity index (χ3n) is 5.14. The Labute approximate surface area is 166 Å². The van der Waals surface area contributed by atoms with Gasteiger partial charge in [0, 0.05) is 37.3 Å². The van der Waals surface area contributed by atoms with Crippen molar-refractivity contribution in [3.63, 3.8) is 0 Å². The average molecular weight is 416 g/mol. The number of sulfonamides is 1. The second-order valence-corrected chi connectivity index (χ2v) is 8.87. The zero-order valence-electron chi connectivity index (χ0n) is 15.2. The zero-order chi connectivity index (χ0) is 20.0. The molecule has 0 radical (unpaired) electrons. The third-order valence-corrected chi connectivity index (χ3v) is 7.01. The highest BCUT2D eigenvalue weighted by Gasteiger charge is 2.44. The Hall–Kier alpha value is -2.85. The Bertz CT molecular complexity index is 1150. The van der Waals surface area contributed by atoms with Crippen LogP contribution in [-0.2, 0) is 16.4 Å². The molecule has 0 saturated carbocycles. The van der Waals surface area contributed by atoms with E-state index < -0.39 is 22.2 Å². The number of hydrogen-bond acceptors (Lipinski definition) is 7. The van der Waals surface area contributed by atoms with Crippen LogP contribution in [0.5, 0.6) is 5.75 Å². The lowest BCUT2D eigenvalue weighted by Crippen LogP contribution is -2.31. The van der Waals surface area contributed by atoms with Gasteiger partial charge in [-0.25, -0.2) is 12.8 Å². The van der Waals surface area contributed by atoms with Crippen LogP contribution in [0.1, 0.15) is 23.9 Å². The number of rotatable bonds is 4. The van der Waals surface area contributed by atoms with E-state index in [-0.39, 0.29) is 23.8 Å². The molecule has 1 fully saturated rings. The Balaban J connectivity index is 1.49. The van der Waals surface area contributed by atoms with Crippen molar-refractivity contribution in [1.29, 1.82) is 0 Å². The maximum Gasteiger partial charge on any atom is 0.245 e. The maximum absolute atomic E-state index is 14.3. The largest absolute Gasteiger partial charge is 0.493 e. The second-order valence-electron chi connectivity index (χ2n) is 6.98. The molecule has 2 atom stereocenters. The molecule has 1 aromatic carbocycles. The van der Waals surface area contributed by atoms with Crippen LogP contribution in [0.15, 0.2) is 52.1 Å². The highest BCUT2D eigenvalue weighted by molar-refractivity contribution is 7.89. The molecule has 150 valence electrons. The Morgan fingerprint density at radius 2 is 2.00 bits per heavy atom. The SMILES string of the molecule is O=S(=O)(c1ccc2c(c1)CCO2)N1CC(F)CC1c1nc(-c2ccncc2)no1. The van der Waals surface area contributed by atoms with Gasteiger partial charge in [-0.15, -0.1) is 0 Å². The summed E-state index contributed by atoms with van der Waals surface area (Å²) in [5.41, 5.74) is 1.51. The summed E-state index contributed by atoms with van der Waals surface area (Å²) >= 11 is 0. The van der Waals surface area contributed by atoms with Crippen LogP contribution in [0, 0.1) is 0 Å². The van der Waals surface area contributed by atoms with Crippen LogP contribution in [0.2, 0.25) is 0 Å². The highest BCUT2D eigenvalue weighted by atomic mass is 32.2. The number of halogens is 1. The molecule has 2 aliphatic heterocycles. The van der Waals surface area contributed by atoms with Gasteiger partial charge in [0.15, 0.2) is 0 Å². The van der Waals surface area contributed by atoms with E-state index in [1.54, 1.807) is 36.7 Å². The zero-order valence-corrected chi connectivity index (χ0v) is 16.0. The van der Waals surface area contributed by atoms with Crippen molar-refractivity contribution in [3.8, 4) is 17.1 Å². The molecule has 0 amide bonds. The highest BCUT2D eigenvalue weighted by Crippen LogP contribution is 2.39. The van der Waals surface area contributed by atoms with E-state index >= 15 is 0 Å². The lowest BCUT2D eigenvalue weighted by atomic mass is 10.2. The lowest BCUT2D eigenvalue weighted by Gasteiger charge is -2.21. The molecule has 4 heterocycles. The molecule has 0 N–H and O–H groups in total. The fourth-order valence-corrected chi connectivity index (χ4v) is 5.37. The molecule has 29 heavy (non-hydrogen) atoms. The molecule has 2 aliphatic rings. The first-order chi connectivity index (χ1) is 14.0. The fourth-order valence-electron chi connectivity index (χ4n) is 3.69. The summed E-state index contributed by atoms with van der Waals surface area (Å²) in [6.45, 7) is 0.269. The Morgan fingerprint density at radius 3 is 2.83 bits per heavy atom. The van der Waals surface area contributed by atoms with Crippen molar-refractivity contribution in [2.24, 2.45) is 0 Å². The van der Waals surface area contributed by atoms with Crippen LogP contribution in [0.4, 0.5) is 4.39 Å². The van der Waals surface area contributed by atoms with Crippen molar-refractivity contribution in [2.75, 3.05) is 13.2 Å². The second kappa shape index (κ2) is 6.89. The third kappa shape index (κ3) is 3.18. The molecule has 2 unspecified atom stereocenters. The minimum absolute atomic E-state index is 0.0364. The first-order valence-corrected chi connectivity index (χ1v) is 10.6. The number of alkyl halides is 1. The predicted octanol–water partition coefficient (Wildman–Crippen LogP) is 2.54. The van der Waals surface area contributed by atoms with Gasteiger partial charge in [-0.05, 0) is 35.9 Å². The number of hydrogen-bond donors (Lipinski definition) is 0. The quantitative estimate of drug-likeness (QED) is 0.644. The number of benzene rings is 1. The maximum atomic E-state index is 14.3. The fraction of sp³-hybridized carbons (Fsp3) is 0.316. The van der Waals surface area contributed by atoms with Gasteiger partial charge < -0.3 is 9.26 Å². The lowest BCUT2D eigenvalue weighted by molar-refractivity contribution is 0.290. The molecular weight excluding hydrogens is 399 g/mol. The van der Waals surface area contributed by atoms with Crippen molar-refractivity contribution in [2.45, 2.75) is 30.0 Å². The summed E-state index contributed by atoms with van der Waals surface area (Å²) in [4.78, 5) is 8.36. The first-order valence-electron chi connectivity index (χ1n) is 9.18. The molecule has 3 aromatic rings. The minimum atomic E-state index is -3.95. The van der Waals surface area contributed by atoms with Gasteiger partial charge in [0.1, 0.15) is 18.0 Å². The van der Waals surface area contributed by atoms with E-state index in [1.807, 2.05) is 0 Å². The van der Waals surface area contributed by atoms with Gasteiger partial charge in [0.2, 0.25) is 21.7 Å². The monoisotopic (exact) mass is 416 g/mol. The molecular formula is C19H17FN4O4S. The van der Waals surface area contributed by atoms with E-state index in [0.717, 1.165) is 9.87 Å². The van der Waals surface area contributed by atoms with Crippen LogP contribution in [0.25, 0.3) is 11.4 Å². The van der Waals surface area contributed by atoms with Crippen molar-refractivity contribution in [1.82, 2.24) is 19.4 Å². The van der Waals surface area contributed by atoms with Gasteiger partial charge in [-0.3, -0.25) is 4.98 Å². The van der Waals surface area contributed by atoms with Gasteiger partial charge >= 0.3 is 0 Å². The number of fused-ring (bicyclic) bond motifs is 1. The van der Waals surface area contributed by atoms with Crippen molar-refractivity contribution < 1.29 is 22.1 Å². The topological polar surface area (TPSA) is 98.4 Å². The van der Waals surface area contributed by atoms with E-state index in [9.17, 15) is 12.8 Å². The molecule has 2 aromatic heterocycles. The average Bonchev–Trinajstić information content (AvgIpc) is 3.47. The van der Waals surface area contributed by atoms with Gasteiger partial charge in [-0.2, -0.15) is 9.29 Å². The Kier molecular flexibility index (Phi) is 4.32. The minimum Gasteiger partial charge on any atom is -0.493 e. The van der Waals surface area contributed by atoms with Crippen LogP contribution >= 0.6 is 0 Å². The Morgan fingerprint density at radius 1 is 1.17 bits per heavy atom. The number of ether oxygens (including phenoxy) is 1. The molecule has 0 aliphatic carbocycles. The summed E-state index contributed by atoms with van der Waals surface area (Å²) < 4.78 is 52.7. The molecule has 8 nitrogen and oxygen atoms in total. The number of aromatic nitrogens is 3. The van der Waals surface area contributed by atoms with Crippen LogP contribution in [0.3, 0.4) is 0 Å². The molecule has 0 bridgehead atoms. The van der Waals surface area contributed by atoms with E-state index in [4.69, 9.17) is 9.26 Å². The normalized spacial score (nSPS) is 21.8. The standard InChI is InChI=1S/C19H17FN4O4S/c20-14-10-16(19-22-18(23-28-19)12-3-6-21-7-4-12)24(11-14)29(25,26)15-1-2-17-13(9-15)5-8-27-17/h1-4,6-7,9,14,16H,5,8,10-11H2. The smallest absolute Gasteiger partial charge is 0.245 e. The summed E-state index contributed by atoms with van der Waals surface area (Å²) in [6.07, 6.45) is 2.47. The molecule has 5 rings (SSSR count).